The number of fused-ring (bicyclic) bond motifs is 1. The monoisotopic (exact) mass is 384 g/mol. The Hall–Kier alpha value is -3.49. The van der Waals surface area contributed by atoms with Crippen molar-refractivity contribution in [3.8, 4) is 5.69 Å². The fourth-order valence-corrected chi connectivity index (χ4v) is 3.27. The van der Waals surface area contributed by atoms with Crippen molar-refractivity contribution in [1.29, 1.82) is 0 Å². The van der Waals surface area contributed by atoms with Crippen LogP contribution in [0.1, 0.15) is 37.0 Å². The van der Waals surface area contributed by atoms with Crippen LogP contribution in [-0.2, 0) is 6.54 Å². The molecule has 2 aromatic heterocycles. The van der Waals surface area contributed by atoms with Gasteiger partial charge in [-0.2, -0.15) is 0 Å². The van der Waals surface area contributed by atoms with Crippen molar-refractivity contribution in [2.24, 2.45) is 5.92 Å². The van der Waals surface area contributed by atoms with Crippen molar-refractivity contribution in [3.05, 3.63) is 67.0 Å². The highest BCUT2D eigenvalue weighted by Crippen LogP contribution is 2.28. The molecule has 146 valence electrons. The van der Waals surface area contributed by atoms with E-state index in [2.05, 4.69) is 4.98 Å². The lowest BCUT2D eigenvalue weighted by Crippen LogP contribution is -2.37. The number of carbonyl (C=O) groups is 1. The maximum atomic E-state index is 12.5. The molecule has 1 N–H and O–H groups in total. The van der Waals surface area contributed by atoms with Crippen LogP contribution in [0.5, 0.6) is 0 Å². The molecule has 1 aromatic carbocycles. The van der Waals surface area contributed by atoms with E-state index in [9.17, 15) is 24.5 Å². The summed E-state index contributed by atoms with van der Waals surface area (Å²) in [7, 11) is 0. The third-order valence-corrected chi connectivity index (χ3v) is 4.99. The fraction of sp³-hybridized carbons (Fsp3) is 0.316. The van der Waals surface area contributed by atoms with Crippen molar-refractivity contribution < 1.29 is 9.72 Å². The first-order valence-corrected chi connectivity index (χ1v) is 8.98. The fourth-order valence-electron chi connectivity index (χ4n) is 3.27. The smallest absolute Gasteiger partial charge is 0.316 e. The lowest BCUT2D eigenvalue weighted by atomic mass is 10.0. The number of H-pyrrole nitrogens is 1. The first kappa shape index (κ1) is 19.3. The summed E-state index contributed by atoms with van der Waals surface area (Å²) in [6, 6.07) is 4.28. The van der Waals surface area contributed by atoms with Crippen LogP contribution in [0.2, 0.25) is 0 Å². The molecule has 2 heterocycles. The number of hydrogen-bond acceptors (Lipinski definition) is 5. The van der Waals surface area contributed by atoms with E-state index in [1.54, 1.807) is 0 Å². The number of nitrogens with zero attached hydrogens (tertiary/aromatic N) is 3. The van der Waals surface area contributed by atoms with Gasteiger partial charge in [0.15, 0.2) is 6.29 Å². The second-order valence-corrected chi connectivity index (χ2v) is 6.64. The van der Waals surface area contributed by atoms with Crippen molar-refractivity contribution >= 4 is 23.0 Å². The van der Waals surface area contributed by atoms with Crippen molar-refractivity contribution in [2.45, 2.75) is 33.2 Å². The molecule has 0 atom stereocenters. The summed E-state index contributed by atoms with van der Waals surface area (Å²) in [6.45, 7) is 4.35. The van der Waals surface area contributed by atoms with Gasteiger partial charge in [-0.15, -0.1) is 0 Å². The molecule has 0 unspecified atom stereocenters. The van der Waals surface area contributed by atoms with E-state index in [0.29, 0.717) is 23.9 Å². The number of carbonyl (C=O) groups excluding carboxylic acids is 1. The van der Waals surface area contributed by atoms with Gasteiger partial charge in [0.25, 0.3) is 5.69 Å². The summed E-state index contributed by atoms with van der Waals surface area (Å²) < 4.78 is 2.83. The number of hydrogen-bond donors (Lipinski definition) is 1. The molecule has 0 spiro atoms. The van der Waals surface area contributed by atoms with E-state index in [4.69, 9.17) is 0 Å². The second-order valence-electron chi connectivity index (χ2n) is 6.64. The van der Waals surface area contributed by atoms with Gasteiger partial charge in [0.1, 0.15) is 5.69 Å². The zero-order valence-electron chi connectivity index (χ0n) is 15.5. The van der Waals surface area contributed by atoms with E-state index < -0.39 is 16.0 Å². The number of nitro benzene ring substituents is 1. The van der Waals surface area contributed by atoms with E-state index >= 15 is 0 Å². The number of aromatic amines is 1. The third kappa shape index (κ3) is 3.38. The van der Waals surface area contributed by atoms with Crippen LogP contribution < -0.4 is 11.1 Å². The maximum absolute atomic E-state index is 12.5. The number of nitrogens with one attached hydrogen (secondary N) is 1. The average molecular weight is 384 g/mol. The summed E-state index contributed by atoms with van der Waals surface area (Å²) >= 11 is 0. The van der Waals surface area contributed by atoms with E-state index in [0.717, 1.165) is 12.8 Å². The summed E-state index contributed by atoms with van der Waals surface area (Å²) in [5, 5.41) is 11.6. The highest BCUT2D eigenvalue weighted by molar-refractivity contribution is 5.82. The molecule has 0 aliphatic heterocycles. The molecular formula is C19H20N4O5. The summed E-state index contributed by atoms with van der Waals surface area (Å²) in [4.78, 5) is 49.0. The zero-order valence-corrected chi connectivity index (χ0v) is 15.5. The maximum Gasteiger partial charge on any atom is 0.316 e. The first-order valence-electron chi connectivity index (χ1n) is 8.98. The van der Waals surface area contributed by atoms with Gasteiger partial charge in [-0.3, -0.25) is 24.5 Å². The molecule has 0 amide bonds. The molecule has 0 aliphatic carbocycles. The molecule has 0 bridgehead atoms. The van der Waals surface area contributed by atoms with Gasteiger partial charge in [0.05, 0.1) is 16.0 Å². The minimum atomic E-state index is -0.815. The molecule has 0 radical (unpaired) electrons. The van der Waals surface area contributed by atoms with Crippen LogP contribution in [0.4, 0.5) is 5.69 Å². The van der Waals surface area contributed by atoms with Gasteiger partial charge < -0.3 is 14.1 Å². The van der Waals surface area contributed by atoms with Crippen LogP contribution in [0.15, 0.2) is 40.2 Å². The van der Waals surface area contributed by atoms with Crippen molar-refractivity contribution in [3.63, 3.8) is 0 Å². The van der Waals surface area contributed by atoms with Crippen molar-refractivity contribution in [2.75, 3.05) is 0 Å². The summed E-state index contributed by atoms with van der Waals surface area (Å²) in [6.07, 6.45) is 5.31. The van der Waals surface area contributed by atoms with Gasteiger partial charge in [-0.05, 0) is 18.1 Å². The lowest BCUT2D eigenvalue weighted by molar-refractivity contribution is -0.384. The number of benzene rings is 1. The number of nitro groups is 1. The second kappa shape index (κ2) is 7.63. The van der Waals surface area contributed by atoms with E-state index in [-0.39, 0.29) is 22.8 Å². The van der Waals surface area contributed by atoms with Crippen LogP contribution in [0.25, 0.3) is 16.7 Å². The third-order valence-electron chi connectivity index (χ3n) is 4.99. The Bertz CT molecular complexity index is 1170. The highest BCUT2D eigenvalue weighted by Gasteiger charge is 2.21. The molecule has 0 fully saturated rings. The standard InChI is InChI=1S/C19H20N4O5/c1-3-12(4-2)10-22-15-8-16(21-6-5-13(9-21)11-24)17(23(27)28)7-14(15)20-18(25)19(22)26/h5-9,11-12H,3-4,10H2,1-2H3,(H,20,25). The van der Waals surface area contributed by atoms with Gasteiger partial charge in [-0.1, -0.05) is 26.7 Å². The molecule has 0 saturated heterocycles. The highest BCUT2D eigenvalue weighted by atomic mass is 16.6. The predicted octanol–water partition coefficient (Wildman–Crippen LogP) is 2.64. The molecule has 3 aromatic rings. The Labute approximate surface area is 159 Å². The minimum Gasteiger partial charge on any atom is -0.317 e. The van der Waals surface area contributed by atoms with Gasteiger partial charge >= 0.3 is 11.1 Å². The lowest BCUT2D eigenvalue weighted by Gasteiger charge is -2.17. The predicted molar refractivity (Wildman–Crippen MR) is 104 cm³/mol. The Morgan fingerprint density at radius 3 is 2.54 bits per heavy atom. The number of aromatic nitrogens is 3. The van der Waals surface area contributed by atoms with Gasteiger partial charge in [-0.25, -0.2) is 0 Å². The van der Waals surface area contributed by atoms with E-state index in [1.165, 1.54) is 39.7 Å². The van der Waals surface area contributed by atoms with Crippen LogP contribution >= 0.6 is 0 Å². The molecular weight excluding hydrogens is 364 g/mol. The summed E-state index contributed by atoms with van der Waals surface area (Å²) in [5.74, 6) is 0.189. The first-order chi connectivity index (χ1) is 13.4. The Kier molecular flexibility index (Phi) is 5.25. The molecule has 28 heavy (non-hydrogen) atoms. The Balaban J connectivity index is 2.34. The molecule has 3 rings (SSSR count). The number of rotatable bonds is 7. The quantitative estimate of drug-likeness (QED) is 0.291. The zero-order chi connectivity index (χ0) is 20.4. The summed E-state index contributed by atoms with van der Waals surface area (Å²) in [5.41, 5.74) is -0.568. The van der Waals surface area contributed by atoms with Crippen molar-refractivity contribution in [1.82, 2.24) is 14.1 Å². The molecule has 9 heteroatoms. The SMILES string of the molecule is CCC(CC)Cn1c(=O)c(=O)[nH]c2cc([N+](=O)[O-])c(-n3ccc(C=O)c3)cc21. The van der Waals surface area contributed by atoms with Gasteiger partial charge in [0, 0.05) is 30.6 Å². The topological polar surface area (TPSA) is 120 Å². The van der Waals surface area contributed by atoms with Crippen LogP contribution in [0, 0.1) is 16.0 Å². The number of aldehydes is 1. The Morgan fingerprint density at radius 1 is 1.25 bits per heavy atom. The average Bonchev–Trinajstić information content (AvgIpc) is 3.17. The normalized spacial score (nSPS) is 11.2. The molecule has 0 aliphatic rings. The minimum absolute atomic E-state index is 0.189. The Morgan fingerprint density at radius 2 is 1.96 bits per heavy atom. The van der Waals surface area contributed by atoms with Crippen LogP contribution in [0.3, 0.4) is 0 Å². The van der Waals surface area contributed by atoms with Gasteiger partial charge in [0.2, 0.25) is 0 Å². The molecule has 0 saturated carbocycles. The largest absolute Gasteiger partial charge is 0.317 e. The van der Waals surface area contributed by atoms with Crippen LogP contribution in [-0.4, -0.2) is 25.3 Å². The molecule has 9 nitrogen and oxygen atoms in total. The van der Waals surface area contributed by atoms with E-state index in [1.807, 2.05) is 13.8 Å².